The van der Waals surface area contributed by atoms with Gasteiger partial charge in [0.25, 0.3) is 0 Å². The molecule has 1 aliphatic heterocycles. The summed E-state index contributed by atoms with van der Waals surface area (Å²) >= 11 is 0. The Hall–Kier alpha value is -0.0800. The Morgan fingerprint density at radius 2 is 2.07 bits per heavy atom. The fourth-order valence-electron chi connectivity index (χ4n) is 2.54. The molecular weight excluding hydrogens is 184 g/mol. The molecular formula is C13H28N2. The van der Waals surface area contributed by atoms with E-state index in [2.05, 4.69) is 38.0 Å². The predicted octanol–water partition coefficient (Wildman–Crippen LogP) is 2.49. The van der Waals surface area contributed by atoms with E-state index in [1.165, 1.54) is 38.8 Å². The minimum absolute atomic E-state index is 0.695. The number of hydrogen-bond acceptors (Lipinski definition) is 2. The molecule has 1 aliphatic rings. The molecule has 2 nitrogen and oxygen atoms in total. The molecule has 2 atom stereocenters. The van der Waals surface area contributed by atoms with Crippen LogP contribution in [0.3, 0.4) is 0 Å². The van der Waals surface area contributed by atoms with Crippen molar-refractivity contribution in [2.24, 2.45) is 5.92 Å². The van der Waals surface area contributed by atoms with Crippen LogP contribution < -0.4 is 5.32 Å². The maximum absolute atomic E-state index is 3.73. The Labute approximate surface area is 95.4 Å². The SMILES string of the molecule is CCC(NCC1CCCCN1C)C(C)C. The highest BCUT2D eigenvalue weighted by atomic mass is 15.2. The largest absolute Gasteiger partial charge is 0.312 e. The van der Waals surface area contributed by atoms with Gasteiger partial charge in [-0.1, -0.05) is 27.2 Å². The molecule has 1 fully saturated rings. The first-order valence-electron chi connectivity index (χ1n) is 6.58. The monoisotopic (exact) mass is 212 g/mol. The molecule has 90 valence electrons. The van der Waals surface area contributed by atoms with Crippen LogP contribution in [0.1, 0.15) is 46.5 Å². The molecule has 1 N–H and O–H groups in total. The maximum atomic E-state index is 3.73. The summed E-state index contributed by atoms with van der Waals surface area (Å²) in [5, 5.41) is 3.73. The van der Waals surface area contributed by atoms with E-state index < -0.39 is 0 Å². The topological polar surface area (TPSA) is 15.3 Å². The third kappa shape index (κ3) is 4.12. The summed E-state index contributed by atoms with van der Waals surface area (Å²) in [5.41, 5.74) is 0. The van der Waals surface area contributed by atoms with Gasteiger partial charge in [-0.3, -0.25) is 0 Å². The Bertz CT molecular complexity index is 168. The smallest absolute Gasteiger partial charge is 0.0217 e. The van der Waals surface area contributed by atoms with E-state index in [1.54, 1.807) is 0 Å². The van der Waals surface area contributed by atoms with Crippen LogP contribution in [0.5, 0.6) is 0 Å². The van der Waals surface area contributed by atoms with Crippen molar-refractivity contribution < 1.29 is 0 Å². The molecule has 0 saturated carbocycles. The summed E-state index contributed by atoms with van der Waals surface area (Å²) in [4.78, 5) is 2.52. The van der Waals surface area contributed by atoms with Gasteiger partial charge in [-0.15, -0.1) is 0 Å². The van der Waals surface area contributed by atoms with Crippen molar-refractivity contribution >= 4 is 0 Å². The molecule has 15 heavy (non-hydrogen) atoms. The molecule has 0 aromatic carbocycles. The summed E-state index contributed by atoms with van der Waals surface area (Å²) in [6.45, 7) is 9.36. The van der Waals surface area contributed by atoms with E-state index in [-0.39, 0.29) is 0 Å². The fraction of sp³-hybridized carbons (Fsp3) is 1.00. The highest BCUT2D eigenvalue weighted by Crippen LogP contribution is 2.15. The number of piperidine rings is 1. The van der Waals surface area contributed by atoms with Gasteiger partial charge in [-0.05, 0) is 38.8 Å². The number of likely N-dealkylation sites (tertiary alicyclic amines) is 1. The Balaban J connectivity index is 2.27. The molecule has 2 unspecified atom stereocenters. The first-order chi connectivity index (χ1) is 7.15. The van der Waals surface area contributed by atoms with Gasteiger partial charge in [-0.2, -0.15) is 0 Å². The number of nitrogens with one attached hydrogen (secondary N) is 1. The summed E-state index contributed by atoms with van der Waals surface area (Å²) in [6, 6.07) is 1.46. The van der Waals surface area contributed by atoms with Gasteiger partial charge >= 0.3 is 0 Å². The molecule has 0 aromatic rings. The normalized spacial score (nSPS) is 25.8. The van der Waals surface area contributed by atoms with Gasteiger partial charge in [-0.25, -0.2) is 0 Å². The first-order valence-corrected chi connectivity index (χ1v) is 6.58. The Morgan fingerprint density at radius 3 is 2.60 bits per heavy atom. The minimum Gasteiger partial charge on any atom is -0.312 e. The Kier molecular flexibility index (Phi) is 5.62. The zero-order valence-corrected chi connectivity index (χ0v) is 10.9. The van der Waals surface area contributed by atoms with E-state index in [1.807, 2.05) is 0 Å². The third-order valence-corrected chi connectivity index (χ3v) is 3.78. The standard InChI is InChI=1S/C13H28N2/c1-5-13(11(2)3)14-10-12-8-6-7-9-15(12)4/h11-14H,5-10H2,1-4H3. The van der Waals surface area contributed by atoms with Crippen molar-refractivity contribution in [1.82, 2.24) is 10.2 Å². The van der Waals surface area contributed by atoms with E-state index in [9.17, 15) is 0 Å². The van der Waals surface area contributed by atoms with Crippen molar-refractivity contribution in [3.8, 4) is 0 Å². The van der Waals surface area contributed by atoms with Gasteiger partial charge in [0.15, 0.2) is 0 Å². The molecule has 0 radical (unpaired) electrons. The average Bonchev–Trinajstić information content (AvgIpc) is 2.21. The van der Waals surface area contributed by atoms with E-state index in [0.29, 0.717) is 6.04 Å². The molecule has 1 saturated heterocycles. The van der Waals surface area contributed by atoms with Crippen LogP contribution in [0.2, 0.25) is 0 Å². The van der Waals surface area contributed by atoms with Crippen LogP contribution in [0.25, 0.3) is 0 Å². The molecule has 1 heterocycles. The second-order valence-electron chi connectivity index (χ2n) is 5.30. The van der Waals surface area contributed by atoms with Crippen molar-refractivity contribution in [1.29, 1.82) is 0 Å². The average molecular weight is 212 g/mol. The van der Waals surface area contributed by atoms with Crippen molar-refractivity contribution in [3.63, 3.8) is 0 Å². The van der Waals surface area contributed by atoms with E-state index >= 15 is 0 Å². The second kappa shape index (κ2) is 6.49. The number of likely N-dealkylation sites (N-methyl/N-ethyl adjacent to an activating group) is 1. The molecule has 0 aliphatic carbocycles. The lowest BCUT2D eigenvalue weighted by Crippen LogP contribution is -2.46. The fourth-order valence-corrected chi connectivity index (χ4v) is 2.54. The van der Waals surface area contributed by atoms with Gasteiger partial charge < -0.3 is 10.2 Å². The summed E-state index contributed by atoms with van der Waals surface area (Å²) in [6.07, 6.45) is 5.41. The van der Waals surface area contributed by atoms with Crippen LogP contribution in [-0.2, 0) is 0 Å². The van der Waals surface area contributed by atoms with E-state index in [4.69, 9.17) is 0 Å². The molecule has 0 amide bonds. The van der Waals surface area contributed by atoms with Crippen LogP contribution in [0.4, 0.5) is 0 Å². The van der Waals surface area contributed by atoms with Crippen LogP contribution >= 0.6 is 0 Å². The van der Waals surface area contributed by atoms with Crippen molar-refractivity contribution in [3.05, 3.63) is 0 Å². The van der Waals surface area contributed by atoms with Crippen LogP contribution in [0, 0.1) is 5.92 Å². The third-order valence-electron chi connectivity index (χ3n) is 3.78. The van der Waals surface area contributed by atoms with Crippen molar-refractivity contribution in [2.75, 3.05) is 20.1 Å². The molecule has 2 heteroatoms. The summed E-state index contributed by atoms with van der Waals surface area (Å²) in [7, 11) is 2.27. The summed E-state index contributed by atoms with van der Waals surface area (Å²) in [5.74, 6) is 0.754. The molecule has 0 aromatic heterocycles. The maximum Gasteiger partial charge on any atom is 0.0217 e. The number of rotatable bonds is 5. The lowest BCUT2D eigenvalue weighted by atomic mass is 9.99. The lowest BCUT2D eigenvalue weighted by molar-refractivity contribution is 0.173. The highest BCUT2D eigenvalue weighted by Gasteiger charge is 2.20. The molecule has 0 spiro atoms. The van der Waals surface area contributed by atoms with Gasteiger partial charge in [0.05, 0.1) is 0 Å². The van der Waals surface area contributed by atoms with Crippen LogP contribution in [0.15, 0.2) is 0 Å². The summed E-state index contributed by atoms with van der Waals surface area (Å²) < 4.78 is 0. The van der Waals surface area contributed by atoms with Gasteiger partial charge in [0.2, 0.25) is 0 Å². The molecule has 1 rings (SSSR count). The zero-order valence-electron chi connectivity index (χ0n) is 10.9. The minimum atomic E-state index is 0.695. The number of hydrogen-bond donors (Lipinski definition) is 1. The quantitative estimate of drug-likeness (QED) is 0.753. The Morgan fingerprint density at radius 1 is 1.33 bits per heavy atom. The number of nitrogens with zero attached hydrogens (tertiary/aromatic N) is 1. The first kappa shape index (κ1) is 13.0. The van der Waals surface area contributed by atoms with Gasteiger partial charge in [0, 0.05) is 18.6 Å². The highest BCUT2D eigenvalue weighted by molar-refractivity contribution is 4.79. The van der Waals surface area contributed by atoms with Crippen molar-refractivity contribution in [2.45, 2.75) is 58.5 Å². The molecule has 0 bridgehead atoms. The second-order valence-corrected chi connectivity index (χ2v) is 5.30. The lowest BCUT2D eigenvalue weighted by Gasteiger charge is -2.34. The van der Waals surface area contributed by atoms with Crippen LogP contribution in [-0.4, -0.2) is 37.1 Å². The van der Waals surface area contributed by atoms with Gasteiger partial charge in [0.1, 0.15) is 0 Å². The van der Waals surface area contributed by atoms with E-state index in [0.717, 1.165) is 12.0 Å². The zero-order chi connectivity index (χ0) is 11.3. The predicted molar refractivity (Wildman–Crippen MR) is 67.2 cm³/mol.